The van der Waals surface area contributed by atoms with E-state index >= 15 is 0 Å². The van der Waals surface area contributed by atoms with E-state index in [1.165, 1.54) is 0 Å². The van der Waals surface area contributed by atoms with Gasteiger partial charge in [0.2, 0.25) is 0 Å². The molecule has 30 heavy (non-hydrogen) atoms. The van der Waals surface area contributed by atoms with E-state index in [0.29, 0.717) is 24.3 Å². The maximum absolute atomic E-state index is 13.1. The molecule has 1 aliphatic heterocycles. The summed E-state index contributed by atoms with van der Waals surface area (Å²) in [6.07, 6.45) is 0. The number of nitrogens with zero attached hydrogens (tertiary/aromatic N) is 1. The lowest BCUT2D eigenvalue weighted by molar-refractivity contribution is 0.0985. The SMILES string of the molecule is CCN1C(=O)c2ccccc2Sc2ccc(NC(=O)NCc3cccc(Br)c3)cc21. The highest BCUT2D eigenvalue weighted by Crippen LogP contribution is 2.42. The molecule has 0 radical (unpaired) electrons. The second-order valence-corrected chi connectivity index (χ2v) is 8.77. The summed E-state index contributed by atoms with van der Waals surface area (Å²) in [5, 5.41) is 5.73. The molecule has 5 nitrogen and oxygen atoms in total. The molecular formula is C23H20BrN3O2S. The van der Waals surface area contributed by atoms with Gasteiger partial charge in [-0.25, -0.2) is 4.79 Å². The van der Waals surface area contributed by atoms with Crippen LogP contribution >= 0.6 is 27.7 Å². The quantitative estimate of drug-likeness (QED) is 0.487. The fraction of sp³-hybridized carbons (Fsp3) is 0.130. The zero-order chi connectivity index (χ0) is 21.1. The maximum Gasteiger partial charge on any atom is 0.319 e. The predicted octanol–water partition coefficient (Wildman–Crippen LogP) is 5.90. The Kier molecular flexibility index (Phi) is 6.11. The third-order valence-corrected chi connectivity index (χ3v) is 6.38. The lowest BCUT2D eigenvalue weighted by Gasteiger charge is -2.22. The summed E-state index contributed by atoms with van der Waals surface area (Å²) in [4.78, 5) is 29.1. The van der Waals surface area contributed by atoms with Gasteiger partial charge in [-0.15, -0.1) is 0 Å². The van der Waals surface area contributed by atoms with Gasteiger partial charge in [-0.3, -0.25) is 4.79 Å². The van der Waals surface area contributed by atoms with Crippen LogP contribution < -0.4 is 15.5 Å². The highest BCUT2D eigenvalue weighted by molar-refractivity contribution is 9.10. The Morgan fingerprint density at radius 3 is 2.67 bits per heavy atom. The standard InChI is InChI=1S/C23H20BrN3O2S/c1-2-27-19-13-17(26-23(29)25-14-15-6-5-7-16(24)12-15)10-11-21(19)30-20-9-4-3-8-18(20)22(27)28/h3-13H,2,14H2,1H3,(H2,25,26,29). The molecule has 0 bridgehead atoms. The molecule has 152 valence electrons. The van der Waals surface area contributed by atoms with Gasteiger partial charge in [-0.2, -0.15) is 0 Å². The van der Waals surface area contributed by atoms with Crippen molar-refractivity contribution in [1.29, 1.82) is 0 Å². The van der Waals surface area contributed by atoms with Gasteiger partial charge in [0.15, 0.2) is 0 Å². The highest BCUT2D eigenvalue weighted by Gasteiger charge is 2.26. The normalized spacial score (nSPS) is 12.6. The van der Waals surface area contributed by atoms with Gasteiger partial charge >= 0.3 is 6.03 Å². The van der Waals surface area contributed by atoms with E-state index in [1.54, 1.807) is 16.7 Å². The Hall–Kier alpha value is -2.77. The summed E-state index contributed by atoms with van der Waals surface area (Å²) in [7, 11) is 0. The number of urea groups is 1. The highest BCUT2D eigenvalue weighted by atomic mass is 79.9. The van der Waals surface area contributed by atoms with Crippen LogP contribution in [0.2, 0.25) is 0 Å². The van der Waals surface area contributed by atoms with Crippen LogP contribution in [0.4, 0.5) is 16.2 Å². The van der Waals surface area contributed by atoms with Gasteiger partial charge in [-0.1, -0.05) is 52.0 Å². The monoisotopic (exact) mass is 481 g/mol. The van der Waals surface area contributed by atoms with Crippen molar-refractivity contribution in [3.05, 3.63) is 82.3 Å². The number of anilines is 2. The van der Waals surface area contributed by atoms with E-state index in [-0.39, 0.29) is 11.9 Å². The molecule has 2 N–H and O–H groups in total. The molecule has 7 heteroatoms. The van der Waals surface area contributed by atoms with Gasteiger partial charge in [0.05, 0.1) is 11.3 Å². The van der Waals surface area contributed by atoms with Crippen LogP contribution in [0, 0.1) is 0 Å². The molecule has 3 aromatic rings. The molecule has 0 aromatic heterocycles. The smallest absolute Gasteiger partial charge is 0.319 e. The van der Waals surface area contributed by atoms with Crippen molar-refractivity contribution in [2.24, 2.45) is 0 Å². The van der Waals surface area contributed by atoms with Gasteiger partial charge < -0.3 is 15.5 Å². The van der Waals surface area contributed by atoms with Gasteiger partial charge in [0.25, 0.3) is 5.91 Å². The number of carbonyl (C=O) groups excluding carboxylic acids is 2. The summed E-state index contributed by atoms with van der Waals surface area (Å²) in [6, 6.07) is 20.8. The van der Waals surface area contributed by atoms with Crippen LogP contribution in [0.15, 0.2) is 81.0 Å². The number of halogens is 1. The minimum absolute atomic E-state index is 0.0318. The Labute approximate surface area is 188 Å². The number of benzene rings is 3. The van der Waals surface area contributed by atoms with Crippen LogP contribution in [0.3, 0.4) is 0 Å². The molecule has 1 aliphatic rings. The largest absolute Gasteiger partial charge is 0.334 e. The average Bonchev–Trinajstić information content (AvgIpc) is 2.86. The molecule has 0 aliphatic carbocycles. The van der Waals surface area contributed by atoms with Gasteiger partial charge in [0, 0.05) is 33.0 Å². The number of hydrogen-bond acceptors (Lipinski definition) is 3. The second-order valence-electron chi connectivity index (χ2n) is 6.77. The molecule has 0 fully saturated rings. The number of rotatable bonds is 4. The lowest BCUT2D eigenvalue weighted by atomic mass is 10.1. The lowest BCUT2D eigenvalue weighted by Crippen LogP contribution is -2.31. The molecule has 0 atom stereocenters. The van der Waals surface area contributed by atoms with Crippen molar-refractivity contribution >= 4 is 51.0 Å². The maximum atomic E-state index is 13.1. The predicted molar refractivity (Wildman–Crippen MR) is 124 cm³/mol. The van der Waals surface area contributed by atoms with Crippen molar-refractivity contribution in [2.45, 2.75) is 23.3 Å². The van der Waals surface area contributed by atoms with Crippen LogP contribution in [0.1, 0.15) is 22.8 Å². The van der Waals surface area contributed by atoms with E-state index in [2.05, 4.69) is 26.6 Å². The van der Waals surface area contributed by atoms with E-state index in [9.17, 15) is 9.59 Å². The first-order valence-corrected chi connectivity index (χ1v) is 11.2. The Bertz CT molecular complexity index is 1120. The molecule has 3 aromatic carbocycles. The Morgan fingerprint density at radius 1 is 1.03 bits per heavy atom. The summed E-state index contributed by atoms with van der Waals surface area (Å²) >= 11 is 5.00. The summed E-state index contributed by atoms with van der Waals surface area (Å²) < 4.78 is 0.968. The molecule has 0 unspecified atom stereocenters. The van der Waals surface area contributed by atoms with E-state index < -0.39 is 0 Å². The molecular weight excluding hydrogens is 462 g/mol. The third kappa shape index (κ3) is 4.37. The van der Waals surface area contributed by atoms with Crippen molar-refractivity contribution < 1.29 is 9.59 Å². The first kappa shape index (κ1) is 20.5. The molecule has 1 heterocycles. The fourth-order valence-corrected chi connectivity index (χ4v) is 4.82. The number of hydrogen-bond donors (Lipinski definition) is 2. The summed E-state index contributed by atoms with van der Waals surface area (Å²) in [5.41, 5.74) is 3.13. The van der Waals surface area contributed by atoms with E-state index in [1.807, 2.05) is 73.7 Å². The van der Waals surface area contributed by atoms with Crippen molar-refractivity contribution in [1.82, 2.24) is 5.32 Å². The molecule has 0 saturated heterocycles. The molecule has 4 rings (SSSR count). The van der Waals surface area contributed by atoms with Crippen LogP contribution in [-0.2, 0) is 6.54 Å². The van der Waals surface area contributed by atoms with Crippen LogP contribution in [0.25, 0.3) is 0 Å². The van der Waals surface area contributed by atoms with Crippen LogP contribution in [-0.4, -0.2) is 18.5 Å². The van der Waals surface area contributed by atoms with E-state index in [0.717, 1.165) is 25.5 Å². The summed E-state index contributed by atoms with van der Waals surface area (Å²) in [5.74, 6) is -0.0318. The summed E-state index contributed by atoms with van der Waals surface area (Å²) in [6.45, 7) is 2.91. The Morgan fingerprint density at radius 2 is 1.87 bits per heavy atom. The van der Waals surface area contributed by atoms with Gasteiger partial charge in [-0.05, 0) is 55.0 Å². The van der Waals surface area contributed by atoms with Gasteiger partial charge in [0.1, 0.15) is 0 Å². The number of fused-ring (bicyclic) bond motifs is 2. The zero-order valence-electron chi connectivity index (χ0n) is 16.3. The first-order chi connectivity index (χ1) is 14.5. The van der Waals surface area contributed by atoms with E-state index in [4.69, 9.17) is 0 Å². The second kappa shape index (κ2) is 8.93. The number of nitrogens with one attached hydrogen (secondary N) is 2. The van der Waals surface area contributed by atoms with Crippen molar-refractivity contribution in [3.8, 4) is 0 Å². The van der Waals surface area contributed by atoms with Crippen molar-refractivity contribution in [2.75, 3.05) is 16.8 Å². The molecule has 0 saturated carbocycles. The van der Waals surface area contributed by atoms with Crippen molar-refractivity contribution in [3.63, 3.8) is 0 Å². The van der Waals surface area contributed by atoms with Crippen LogP contribution in [0.5, 0.6) is 0 Å². The minimum Gasteiger partial charge on any atom is -0.334 e. The first-order valence-electron chi connectivity index (χ1n) is 9.57. The third-order valence-electron chi connectivity index (χ3n) is 4.75. The molecule has 0 spiro atoms. The topological polar surface area (TPSA) is 61.4 Å². The molecule has 3 amide bonds. The number of amides is 3. The Balaban J connectivity index is 1.52. The zero-order valence-corrected chi connectivity index (χ0v) is 18.7. The number of carbonyl (C=O) groups is 2. The average molecular weight is 482 g/mol. The fourth-order valence-electron chi connectivity index (χ4n) is 3.32. The minimum atomic E-state index is -0.297.